The average molecular weight is 188 g/mol. The van der Waals surface area contributed by atoms with Crippen LogP contribution in [-0.2, 0) is 7.05 Å². The van der Waals surface area contributed by atoms with Crippen molar-refractivity contribution >= 4 is 6.29 Å². The molecule has 0 unspecified atom stereocenters. The summed E-state index contributed by atoms with van der Waals surface area (Å²) in [6, 6.07) is 7.14. The van der Waals surface area contributed by atoms with Crippen molar-refractivity contribution in [1.29, 1.82) is 0 Å². The Hall–Kier alpha value is -2.04. The smallest absolute Gasteiger partial charge is 0.205 e. The van der Waals surface area contributed by atoms with Gasteiger partial charge in [-0.25, -0.2) is 0 Å². The van der Waals surface area contributed by atoms with Gasteiger partial charge in [0.2, 0.25) is 5.82 Å². The van der Waals surface area contributed by atoms with E-state index in [1.807, 2.05) is 6.07 Å². The average Bonchev–Trinajstić information content (AvgIpc) is 2.65. The Kier molecular flexibility index (Phi) is 2.06. The first-order valence-corrected chi connectivity index (χ1v) is 4.10. The topological polar surface area (TPSA) is 60.7 Å². The van der Waals surface area contributed by atoms with E-state index in [9.17, 15) is 4.79 Å². The van der Waals surface area contributed by atoms with Crippen LogP contribution in [-0.4, -0.2) is 26.5 Å². The van der Waals surface area contributed by atoms with Crippen LogP contribution in [0.4, 0.5) is 0 Å². The largest absolute Gasteiger partial charge is 0.298 e. The Morgan fingerprint density at radius 3 is 2.79 bits per heavy atom. The van der Waals surface area contributed by atoms with Crippen molar-refractivity contribution in [3.8, 4) is 11.4 Å². The molecule has 5 nitrogen and oxygen atoms in total. The third-order valence-electron chi connectivity index (χ3n) is 1.84. The van der Waals surface area contributed by atoms with Gasteiger partial charge in [-0.2, -0.15) is 4.80 Å². The Balaban J connectivity index is 2.55. The lowest BCUT2D eigenvalue weighted by Gasteiger charge is -1.96. The van der Waals surface area contributed by atoms with E-state index in [4.69, 9.17) is 0 Å². The van der Waals surface area contributed by atoms with Gasteiger partial charge in [-0.15, -0.1) is 10.2 Å². The van der Waals surface area contributed by atoms with Crippen LogP contribution in [0.3, 0.4) is 0 Å². The lowest BCUT2D eigenvalue weighted by Crippen LogP contribution is -1.93. The molecule has 1 aromatic carbocycles. The van der Waals surface area contributed by atoms with E-state index >= 15 is 0 Å². The molecule has 1 aromatic heterocycles. The second-order valence-electron chi connectivity index (χ2n) is 2.81. The fraction of sp³-hybridized carbons (Fsp3) is 0.111. The monoisotopic (exact) mass is 188 g/mol. The molecule has 0 radical (unpaired) electrons. The summed E-state index contributed by atoms with van der Waals surface area (Å²) in [7, 11) is 1.68. The standard InChI is InChI=1S/C9H8N4O/c1-13-11-9(10-12-13)8-5-3-2-4-7(8)6-14/h2-6H,1H3. The molecule has 1 heterocycles. The number of hydrogen-bond acceptors (Lipinski definition) is 4. The molecule has 2 rings (SSSR count). The molecule has 0 bridgehead atoms. The first kappa shape index (κ1) is 8.55. The molecule has 0 aliphatic carbocycles. The molecule has 0 fully saturated rings. The first-order chi connectivity index (χ1) is 6.81. The number of tetrazole rings is 1. The summed E-state index contributed by atoms with van der Waals surface area (Å²) in [5.74, 6) is 0.468. The second-order valence-corrected chi connectivity index (χ2v) is 2.81. The molecule has 0 spiro atoms. The molecule has 0 amide bonds. The summed E-state index contributed by atoms with van der Waals surface area (Å²) in [5.41, 5.74) is 1.27. The van der Waals surface area contributed by atoms with Crippen molar-refractivity contribution in [3.05, 3.63) is 29.8 Å². The number of aryl methyl sites for hydroxylation is 1. The molecule has 5 heteroatoms. The van der Waals surface area contributed by atoms with Gasteiger partial charge in [-0.3, -0.25) is 4.79 Å². The minimum Gasteiger partial charge on any atom is -0.298 e. The van der Waals surface area contributed by atoms with E-state index in [2.05, 4.69) is 15.4 Å². The maximum atomic E-state index is 10.7. The van der Waals surface area contributed by atoms with Crippen LogP contribution < -0.4 is 0 Å². The SMILES string of the molecule is Cn1nnc(-c2ccccc2C=O)n1. The summed E-state index contributed by atoms with van der Waals surface area (Å²) in [4.78, 5) is 12.1. The van der Waals surface area contributed by atoms with Crippen molar-refractivity contribution in [2.45, 2.75) is 0 Å². The lowest BCUT2D eigenvalue weighted by atomic mass is 10.1. The number of carbonyl (C=O) groups is 1. The lowest BCUT2D eigenvalue weighted by molar-refractivity contribution is 0.112. The van der Waals surface area contributed by atoms with Crippen molar-refractivity contribution in [1.82, 2.24) is 20.2 Å². The summed E-state index contributed by atoms with van der Waals surface area (Å²) in [6.45, 7) is 0. The highest BCUT2D eigenvalue weighted by atomic mass is 16.1. The van der Waals surface area contributed by atoms with Crippen LogP contribution in [0.5, 0.6) is 0 Å². The molecule has 14 heavy (non-hydrogen) atoms. The molecular weight excluding hydrogens is 180 g/mol. The van der Waals surface area contributed by atoms with Gasteiger partial charge in [0.15, 0.2) is 6.29 Å². The van der Waals surface area contributed by atoms with Crippen molar-refractivity contribution < 1.29 is 4.79 Å². The number of carbonyl (C=O) groups excluding carboxylic acids is 1. The summed E-state index contributed by atoms with van der Waals surface area (Å²) in [6.07, 6.45) is 0.783. The number of hydrogen-bond donors (Lipinski definition) is 0. The number of benzene rings is 1. The highest BCUT2D eigenvalue weighted by molar-refractivity contribution is 5.85. The molecular formula is C9H8N4O. The maximum Gasteiger partial charge on any atom is 0.205 e. The number of aldehydes is 1. The molecule has 0 atom stereocenters. The Bertz CT molecular complexity index is 463. The predicted molar refractivity (Wildman–Crippen MR) is 49.6 cm³/mol. The van der Waals surface area contributed by atoms with E-state index in [1.54, 1.807) is 25.2 Å². The Morgan fingerprint density at radius 2 is 2.14 bits per heavy atom. The summed E-state index contributed by atoms with van der Waals surface area (Å²) >= 11 is 0. The highest BCUT2D eigenvalue weighted by Gasteiger charge is 2.08. The first-order valence-electron chi connectivity index (χ1n) is 4.10. The van der Waals surface area contributed by atoms with Gasteiger partial charge in [0.05, 0.1) is 7.05 Å². The Morgan fingerprint density at radius 1 is 1.36 bits per heavy atom. The molecule has 0 N–H and O–H groups in total. The quantitative estimate of drug-likeness (QED) is 0.650. The zero-order valence-corrected chi connectivity index (χ0v) is 7.58. The summed E-state index contributed by atoms with van der Waals surface area (Å²) < 4.78 is 0. The van der Waals surface area contributed by atoms with Crippen LogP contribution in [0, 0.1) is 0 Å². The van der Waals surface area contributed by atoms with Crippen molar-refractivity contribution in [2.24, 2.45) is 7.05 Å². The molecule has 70 valence electrons. The molecule has 0 aliphatic heterocycles. The Labute approximate surface area is 80.4 Å². The molecule has 0 aliphatic rings. The van der Waals surface area contributed by atoms with E-state index in [0.29, 0.717) is 17.0 Å². The predicted octanol–water partition coefficient (Wildman–Crippen LogP) is 0.690. The van der Waals surface area contributed by atoms with Gasteiger partial charge in [0.25, 0.3) is 0 Å². The van der Waals surface area contributed by atoms with Gasteiger partial charge in [-0.05, 0) is 5.21 Å². The minimum absolute atomic E-state index is 0.468. The third kappa shape index (κ3) is 1.39. The maximum absolute atomic E-state index is 10.7. The second kappa shape index (κ2) is 3.37. The van der Waals surface area contributed by atoms with Gasteiger partial charge in [0.1, 0.15) is 0 Å². The van der Waals surface area contributed by atoms with Crippen LogP contribution >= 0.6 is 0 Å². The fourth-order valence-electron chi connectivity index (χ4n) is 1.20. The van der Waals surface area contributed by atoms with Gasteiger partial charge in [-0.1, -0.05) is 24.3 Å². The van der Waals surface area contributed by atoms with Crippen LogP contribution in [0.2, 0.25) is 0 Å². The number of rotatable bonds is 2. The molecule has 0 saturated heterocycles. The van der Waals surface area contributed by atoms with Crippen LogP contribution in [0.1, 0.15) is 10.4 Å². The molecule has 2 aromatic rings. The van der Waals surface area contributed by atoms with Gasteiger partial charge >= 0.3 is 0 Å². The summed E-state index contributed by atoms with van der Waals surface area (Å²) in [5, 5.41) is 11.6. The number of aromatic nitrogens is 4. The van der Waals surface area contributed by atoms with E-state index < -0.39 is 0 Å². The number of nitrogens with zero attached hydrogens (tertiary/aromatic N) is 4. The van der Waals surface area contributed by atoms with E-state index in [1.165, 1.54) is 4.80 Å². The third-order valence-corrected chi connectivity index (χ3v) is 1.84. The highest BCUT2D eigenvalue weighted by Crippen LogP contribution is 2.16. The molecule has 0 saturated carbocycles. The van der Waals surface area contributed by atoms with Crippen molar-refractivity contribution in [3.63, 3.8) is 0 Å². The van der Waals surface area contributed by atoms with Gasteiger partial charge < -0.3 is 0 Å². The zero-order valence-electron chi connectivity index (χ0n) is 7.58. The van der Waals surface area contributed by atoms with E-state index in [-0.39, 0.29) is 0 Å². The fourth-order valence-corrected chi connectivity index (χ4v) is 1.20. The van der Waals surface area contributed by atoms with Crippen LogP contribution in [0.25, 0.3) is 11.4 Å². The van der Waals surface area contributed by atoms with Gasteiger partial charge in [0, 0.05) is 11.1 Å². The minimum atomic E-state index is 0.468. The van der Waals surface area contributed by atoms with Crippen LogP contribution in [0.15, 0.2) is 24.3 Å². The van der Waals surface area contributed by atoms with Crippen molar-refractivity contribution in [2.75, 3.05) is 0 Å². The normalized spacial score (nSPS) is 10.1. The van der Waals surface area contributed by atoms with E-state index in [0.717, 1.165) is 6.29 Å². The zero-order chi connectivity index (χ0) is 9.97.